The first kappa shape index (κ1) is 20.1. The average Bonchev–Trinajstić information content (AvgIpc) is 3.44. The monoisotopic (exact) mass is 414 g/mol. The molecule has 0 aliphatic heterocycles. The predicted octanol–water partition coefficient (Wildman–Crippen LogP) is 2.14. The number of amides is 1. The Kier molecular flexibility index (Phi) is 6.08. The summed E-state index contributed by atoms with van der Waals surface area (Å²) in [6.07, 6.45) is 4.86. The molecule has 0 heterocycles. The van der Waals surface area contributed by atoms with Gasteiger partial charge >= 0.3 is 5.97 Å². The first-order chi connectivity index (χ1) is 12.8. The molecule has 9 heteroatoms. The van der Waals surface area contributed by atoms with Gasteiger partial charge in [-0.3, -0.25) is 9.59 Å². The molecule has 3 rings (SSSR count). The van der Waals surface area contributed by atoms with Crippen LogP contribution in [0.4, 0.5) is 0 Å². The highest BCUT2D eigenvalue weighted by molar-refractivity contribution is 7.89. The van der Waals surface area contributed by atoms with Gasteiger partial charge in [0.1, 0.15) is 5.54 Å². The van der Waals surface area contributed by atoms with Crippen LogP contribution in [0.25, 0.3) is 0 Å². The molecule has 2 aliphatic rings. The number of carbonyl (C=O) groups excluding carboxylic acids is 2. The largest absolute Gasteiger partial charge is 0.454 e. The van der Waals surface area contributed by atoms with Crippen molar-refractivity contribution in [2.45, 2.75) is 61.4 Å². The van der Waals surface area contributed by atoms with E-state index in [4.69, 9.17) is 16.3 Å². The number of sulfonamides is 1. The minimum absolute atomic E-state index is 0.0242. The van der Waals surface area contributed by atoms with Crippen LogP contribution in [0.3, 0.4) is 0 Å². The summed E-state index contributed by atoms with van der Waals surface area (Å²) < 4.78 is 33.3. The van der Waals surface area contributed by atoms with Crippen molar-refractivity contribution in [2.75, 3.05) is 6.61 Å². The summed E-state index contributed by atoms with van der Waals surface area (Å²) in [6, 6.07) is 5.89. The maximum Gasteiger partial charge on any atom is 0.327 e. The first-order valence-corrected chi connectivity index (χ1v) is 10.9. The van der Waals surface area contributed by atoms with Crippen molar-refractivity contribution in [3.8, 4) is 0 Å². The lowest BCUT2D eigenvalue weighted by atomic mass is 9.82. The second-order valence-electron chi connectivity index (χ2n) is 7.12. The molecule has 0 aromatic heterocycles. The summed E-state index contributed by atoms with van der Waals surface area (Å²) in [4.78, 5) is 24.5. The number of rotatable bonds is 7. The standard InChI is InChI=1S/C18H23ClN2O5S/c19-13-4-8-15(9-5-13)27(24,25)21-18(10-2-1-3-11-18)17(23)26-12-16(22)20-14-6-7-14/h4-5,8-9,14,21H,1-3,6-7,10-12H2,(H,20,22). The Morgan fingerprint density at radius 2 is 1.74 bits per heavy atom. The van der Waals surface area contributed by atoms with E-state index in [-0.39, 0.29) is 16.8 Å². The molecule has 2 fully saturated rings. The van der Waals surface area contributed by atoms with Gasteiger partial charge < -0.3 is 10.1 Å². The number of ether oxygens (including phenoxy) is 1. The van der Waals surface area contributed by atoms with Gasteiger partial charge in [-0.25, -0.2) is 8.42 Å². The van der Waals surface area contributed by atoms with Crippen molar-refractivity contribution < 1.29 is 22.7 Å². The molecular formula is C18H23ClN2O5S. The number of halogens is 1. The summed E-state index contributed by atoms with van der Waals surface area (Å²) in [5.41, 5.74) is -1.35. The van der Waals surface area contributed by atoms with E-state index in [9.17, 15) is 18.0 Å². The van der Waals surface area contributed by atoms with E-state index in [2.05, 4.69) is 10.0 Å². The second kappa shape index (κ2) is 8.16. The summed E-state index contributed by atoms with van der Waals surface area (Å²) in [5.74, 6) is -1.07. The summed E-state index contributed by atoms with van der Waals surface area (Å²) in [6.45, 7) is -0.403. The lowest BCUT2D eigenvalue weighted by Crippen LogP contribution is -2.56. The normalized spacial score (nSPS) is 19.3. The number of hydrogen-bond donors (Lipinski definition) is 2. The Morgan fingerprint density at radius 1 is 1.11 bits per heavy atom. The number of benzene rings is 1. The molecule has 148 valence electrons. The highest BCUT2D eigenvalue weighted by atomic mass is 35.5. The number of carbonyl (C=O) groups is 2. The van der Waals surface area contributed by atoms with Crippen molar-refractivity contribution in [3.05, 3.63) is 29.3 Å². The fourth-order valence-electron chi connectivity index (χ4n) is 3.20. The van der Waals surface area contributed by atoms with Crippen molar-refractivity contribution in [1.82, 2.24) is 10.0 Å². The Morgan fingerprint density at radius 3 is 2.33 bits per heavy atom. The van der Waals surface area contributed by atoms with E-state index < -0.39 is 28.1 Å². The van der Waals surface area contributed by atoms with Crippen LogP contribution in [-0.2, 0) is 24.3 Å². The smallest absolute Gasteiger partial charge is 0.327 e. The van der Waals surface area contributed by atoms with E-state index in [1.807, 2.05) is 0 Å². The molecule has 1 aromatic rings. The molecule has 2 saturated carbocycles. The zero-order valence-electron chi connectivity index (χ0n) is 14.9. The summed E-state index contributed by atoms with van der Waals surface area (Å²) >= 11 is 5.82. The molecule has 27 heavy (non-hydrogen) atoms. The molecule has 7 nitrogen and oxygen atoms in total. The number of hydrogen-bond acceptors (Lipinski definition) is 5. The maximum absolute atomic E-state index is 12.8. The van der Waals surface area contributed by atoms with Crippen molar-refractivity contribution >= 4 is 33.5 Å². The molecule has 0 saturated heterocycles. The van der Waals surface area contributed by atoms with Gasteiger partial charge in [0.15, 0.2) is 6.61 Å². The molecule has 1 amide bonds. The summed E-state index contributed by atoms with van der Waals surface area (Å²) in [5, 5.41) is 3.16. The highest BCUT2D eigenvalue weighted by Gasteiger charge is 2.44. The third kappa shape index (κ3) is 5.21. The van der Waals surface area contributed by atoms with Gasteiger partial charge in [-0.05, 0) is 49.9 Å². The molecule has 0 atom stereocenters. The zero-order valence-corrected chi connectivity index (χ0v) is 16.4. The van der Waals surface area contributed by atoms with Gasteiger partial charge in [-0.1, -0.05) is 30.9 Å². The SMILES string of the molecule is O=C(COC(=O)C1(NS(=O)(=O)c2ccc(Cl)cc2)CCCCC1)NC1CC1. The van der Waals surface area contributed by atoms with E-state index >= 15 is 0 Å². The molecule has 2 N–H and O–H groups in total. The van der Waals surface area contributed by atoms with Gasteiger partial charge in [0, 0.05) is 11.1 Å². The first-order valence-electron chi connectivity index (χ1n) is 9.07. The maximum atomic E-state index is 12.8. The van der Waals surface area contributed by atoms with Crippen LogP contribution in [0.5, 0.6) is 0 Å². The van der Waals surface area contributed by atoms with Crippen LogP contribution in [0.2, 0.25) is 5.02 Å². The van der Waals surface area contributed by atoms with Crippen LogP contribution in [0.1, 0.15) is 44.9 Å². The Hall–Kier alpha value is -1.64. The highest BCUT2D eigenvalue weighted by Crippen LogP contribution is 2.31. The Balaban J connectivity index is 1.72. The fraction of sp³-hybridized carbons (Fsp3) is 0.556. The Bertz CT molecular complexity index is 800. The van der Waals surface area contributed by atoms with E-state index in [0.717, 1.165) is 19.3 Å². The van der Waals surface area contributed by atoms with Gasteiger partial charge in [-0.2, -0.15) is 4.72 Å². The molecule has 1 aromatic carbocycles. The van der Waals surface area contributed by atoms with E-state index in [0.29, 0.717) is 30.7 Å². The Labute approximate surface area is 163 Å². The predicted molar refractivity (Wildman–Crippen MR) is 99.7 cm³/mol. The molecule has 0 radical (unpaired) electrons. The second-order valence-corrected chi connectivity index (χ2v) is 9.24. The lowest BCUT2D eigenvalue weighted by Gasteiger charge is -2.35. The molecule has 0 spiro atoms. The van der Waals surface area contributed by atoms with Crippen LogP contribution in [-0.4, -0.2) is 38.5 Å². The van der Waals surface area contributed by atoms with Crippen LogP contribution in [0.15, 0.2) is 29.2 Å². The van der Waals surface area contributed by atoms with Crippen molar-refractivity contribution in [1.29, 1.82) is 0 Å². The van der Waals surface area contributed by atoms with Gasteiger partial charge in [0.25, 0.3) is 5.91 Å². The third-order valence-electron chi connectivity index (χ3n) is 4.83. The van der Waals surface area contributed by atoms with Crippen molar-refractivity contribution in [3.63, 3.8) is 0 Å². The van der Waals surface area contributed by atoms with Crippen LogP contribution in [0, 0.1) is 0 Å². The zero-order chi connectivity index (χ0) is 19.5. The molecule has 0 bridgehead atoms. The van der Waals surface area contributed by atoms with Gasteiger partial charge in [0.2, 0.25) is 10.0 Å². The van der Waals surface area contributed by atoms with Crippen LogP contribution < -0.4 is 10.0 Å². The minimum atomic E-state index is -3.94. The molecule has 2 aliphatic carbocycles. The number of esters is 1. The van der Waals surface area contributed by atoms with Crippen LogP contribution >= 0.6 is 11.6 Å². The van der Waals surface area contributed by atoms with E-state index in [1.165, 1.54) is 24.3 Å². The fourth-order valence-corrected chi connectivity index (χ4v) is 4.74. The van der Waals surface area contributed by atoms with Gasteiger partial charge in [0.05, 0.1) is 4.90 Å². The quantitative estimate of drug-likeness (QED) is 0.665. The van der Waals surface area contributed by atoms with E-state index in [1.54, 1.807) is 0 Å². The topological polar surface area (TPSA) is 102 Å². The molecule has 0 unspecified atom stereocenters. The number of nitrogens with one attached hydrogen (secondary N) is 2. The third-order valence-corrected chi connectivity index (χ3v) is 6.63. The van der Waals surface area contributed by atoms with Gasteiger partial charge in [-0.15, -0.1) is 0 Å². The lowest BCUT2D eigenvalue weighted by molar-refractivity contribution is -0.156. The molecular weight excluding hydrogens is 392 g/mol. The average molecular weight is 415 g/mol. The minimum Gasteiger partial charge on any atom is -0.454 e. The summed E-state index contributed by atoms with van der Waals surface area (Å²) in [7, 11) is -3.94. The van der Waals surface area contributed by atoms with Crippen molar-refractivity contribution in [2.24, 2.45) is 0 Å².